The lowest BCUT2D eigenvalue weighted by molar-refractivity contribution is 0.356. The summed E-state index contributed by atoms with van der Waals surface area (Å²) in [6, 6.07) is 9.52. The van der Waals surface area contributed by atoms with E-state index in [1.807, 2.05) is 37.4 Å². The highest BCUT2D eigenvalue weighted by atomic mass is 16.5. The molecule has 0 aliphatic rings. The first-order valence-corrected chi connectivity index (χ1v) is 6.52. The molecule has 2 aromatic heterocycles. The molecule has 0 spiro atoms. The Balaban J connectivity index is 2.16. The summed E-state index contributed by atoms with van der Waals surface area (Å²) < 4.78 is 10.8. The zero-order valence-corrected chi connectivity index (χ0v) is 12.1. The molecule has 3 aromatic rings. The first-order valence-electron chi connectivity index (χ1n) is 6.52. The van der Waals surface area contributed by atoms with Gasteiger partial charge in [-0.05, 0) is 24.3 Å². The van der Waals surface area contributed by atoms with Gasteiger partial charge in [0.25, 0.3) is 0 Å². The van der Waals surface area contributed by atoms with E-state index in [2.05, 4.69) is 20.3 Å². The van der Waals surface area contributed by atoms with Crippen LogP contribution in [0.4, 0.5) is 5.82 Å². The minimum Gasteiger partial charge on any atom is -0.493 e. The molecule has 2 N–H and O–H groups in total. The van der Waals surface area contributed by atoms with E-state index in [1.54, 1.807) is 14.2 Å². The number of hydrogen-bond acceptors (Lipinski definition) is 5. The molecular formula is C15H16N4O2. The van der Waals surface area contributed by atoms with Crippen molar-refractivity contribution in [2.45, 2.75) is 0 Å². The Kier molecular flexibility index (Phi) is 3.35. The highest BCUT2D eigenvalue weighted by molar-refractivity contribution is 5.80. The van der Waals surface area contributed by atoms with Gasteiger partial charge in [0, 0.05) is 7.05 Å². The van der Waals surface area contributed by atoms with Gasteiger partial charge in [-0.3, -0.25) is 0 Å². The van der Waals surface area contributed by atoms with Gasteiger partial charge in [-0.15, -0.1) is 0 Å². The van der Waals surface area contributed by atoms with Crippen LogP contribution in [-0.4, -0.2) is 36.2 Å². The smallest absolute Gasteiger partial charge is 0.180 e. The van der Waals surface area contributed by atoms with Crippen molar-refractivity contribution in [1.82, 2.24) is 15.0 Å². The summed E-state index contributed by atoms with van der Waals surface area (Å²) in [5, 5.41) is 3.00. The fourth-order valence-corrected chi connectivity index (χ4v) is 2.23. The highest BCUT2D eigenvalue weighted by Gasteiger charge is 2.15. The molecule has 0 aliphatic carbocycles. The van der Waals surface area contributed by atoms with Crippen LogP contribution in [0.5, 0.6) is 11.5 Å². The fourth-order valence-electron chi connectivity index (χ4n) is 2.23. The largest absolute Gasteiger partial charge is 0.493 e. The minimum atomic E-state index is 0.646. The van der Waals surface area contributed by atoms with Crippen molar-refractivity contribution in [2.24, 2.45) is 0 Å². The number of aromatic nitrogens is 3. The Morgan fingerprint density at radius 3 is 2.62 bits per heavy atom. The molecule has 0 radical (unpaired) electrons. The number of imidazole rings is 1. The summed E-state index contributed by atoms with van der Waals surface area (Å²) in [5.74, 6) is 2.78. The number of nitrogens with one attached hydrogen (secondary N) is 2. The molecule has 6 heteroatoms. The number of para-hydroxylation sites is 1. The molecule has 0 amide bonds. The molecule has 0 fully saturated rings. The SMILES string of the molecule is CNc1ccc2[nH]c(-c3cccc(OC)c3OC)nc2n1. The van der Waals surface area contributed by atoms with Gasteiger partial charge in [0.2, 0.25) is 0 Å². The first kappa shape index (κ1) is 13.2. The number of aromatic amines is 1. The maximum atomic E-state index is 5.44. The van der Waals surface area contributed by atoms with E-state index >= 15 is 0 Å². The van der Waals surface area contributed by atoms with Crippen molar-refractivity contribution >= 4 is 17.0 Å². The van der Waals surface area contributed by atoms with Crippen molar-refractivity contribution in [2.75, 3.05) is 26.6 Å². The van der Waals surface area contributed by atoms with E-state index in [4.69, 9.17) is 9.47 Å². The van der Waals surface area contributed by atoms with Crippen LogP contribution >= 0.6 is 0 Å². The molecule has 0 saturated carbocycles. The lowest BCUT2D eigenvalue weighted by atomic mass is 10.1. The number of ether oxygens (including phenoxy) is 2. The standard InChI is InChI=1S/C15H16N4O2/c1-16-12-8-7-10-15(18-12)19-14(17-10)9-5-4-6-11(20-2)13(9)21-3/h4-8H,1-3H3,(H2,16,17,18,19). The number of nitrogens with zero attached hydrogens (tertiary/aromatic N) is 2. The van der Waals surface area contributed by atoms with E-state index in [0.717, 1.165) is 16.9 Å². The van der Waals surface area contributed by atoms with Crippen LogP contribution in [0, 0.1) is 0 Å². The molecule has 0 unspecified atom stereocenters. The van der Waals surface area contributed by atoms with Crippen LogP contribution in [0.1, 0.15) is 0 Å². The third-order valence-electron chi connectivity index (χ3n) is 3.26. The zero-order chi connectivity index (χ0) is 14.8. The van der Waals surface area contributed by atoms with Gasteiger partial charge >= 0.3 is 0 Å². The molecule has 6 nitrogen and oxygen atoms in total. The zero-order valence-electron chi connectivity index (χ0n) is 12.1. The van der Waals surface area contributed by atoms with Crippen molar-refractivity contribution in [3.05, 3.63) is 30.3 Å². The van der Waals surface area contributed by atoms with Crippen molar-refractivity contribution in [1.29, 1.82) is 0 Å². The lowest BCUT2D eigenvalue weighted by Gasteiger charge is -2.10. The van der Waals surface area contributed by atoms with Gasteiger partial charge in [-0.1, -0.05) is 6.07 Å². The van der Waals surface area contributed by atoms with Crippen LogP contribution < -0.4 is 14.8 Å². The second-order valence-corrected chi connectivity index (χ2v) is 4.44. The van der Waals surface area contributed by atoms with Gasteiger partial charge < -0.3 is 19.8 Å². The van der Waals surface area contributed by atoms with Gasteiger partial charge in [0.05, 0.1) is 25.3 Å². The maximum absolute atomic E-state index is 5.44. The topological polar surface area (TPSA) is 72.1 Å². The number of H-pyrrole nitrogens is 1. The summed E-state index contributed by atoms with van der Waals surface area (Å²) in [5.41, 5.74) is 2.36. The number of methoxy groups -OCH3 is 2. The monoisotopic (exact) mass is 284 g/mol. The third-order valence-corrected chi connectivity index (χ3v) is 3.26. The van der Waals surface area contributed by atoms with E-state index in [-0.39, 0.29) is 0 Å². The molecule has 0 aliphatic heterocycles. The van der Waals surface area contributed by atoms with E-state index < -0.39 is 0 Å². The number of benzene rings is 1. The average molecular weight is 284 g/mol. The van der Waals surface area contributed by atoms with E-state index in [0.29, 0.717) is 23.0 Å². The Hall–Kier alpha value is -2.76. The fraction of sp³-hybridized carbons (Fsp3) is 0.200. The van der Waals surface area contributed by atoms with Gasteiger partial charge in [-0.2, -0.15) is 0 Å². The average Bonchev–Trinajstić information content (AvgIpc) is 2.96. The highest BCUT2D eigenvalue weighted by Crippen LogP contribution is 2.36. The van der Waals surface area contributed by atoms with Crippen LogP contribution in [0.25, 0.3) is 22.6 Å². The molecule has 0 bridgehead atoms. The molecular weight excluding hydrogens is 268 g/mol. The Morgan fingerprint density at radius 1 is 1.05 bits per heavy atom. The molecule has 108 valence electrons. The predicted octanol–water partition coefficient (Wildman–Crippen LogP) is 2.68. The number of fused-ring (bicyclic) bond motifs is 1. The lowest BCUT2D eigenvalue weighted by Crippen LogP contribution is -1.94. The predicted molar refractivity (Wildman–Crippen MR) is 82.0 cm³/mol. The summed E-state index contributed by atoms with van der Waals surface area (Å²) in [6.07, 6.45) is 0. The van der Waals surface area contributed by atoms with Crippen LogP contribution in [0.15, 0.2) is 30.3 Å². The van der Waals surface area contributed by atoms with Gasteiger partial charge in [0.1, 0.15) is 11.6 Å². The second kappa shape index (κ2) is 5.32. The summed E-state index contributed by atoms with van der Waals surface area (Å²) in [4.78, 5) is 12.2. The third kappa shape index (κ3) is 2.24. The number of anilines is 1. The molecule has 0 saturated heterocycles. The molecule has 3 rings (SSSR count). The van der Waals surface area contributed by atoms with Crippen LogP contribution in [0.3, 0.4) is 0 Å². The Morgan fingerprint density at radius 2 is 1.90 bits per heavy atom. The summed E-state index contributed by atoms with van der Waals surface area (Å²) in [6.45, 7) is 0. The molecule has 0 atom stereocenters. The minimum absolute atomic E-state index is 0.646. The normalized spacial score (nSPS) is 10.6. The Bertz CT molecular complexity index is 782. The molecule has 1 aromatic carbocycles. The molecule has 2 heterocycles. The summed E-state index contributed by atoms with van der Waals surface area (Å²) in [7, 11) is 5.05. The first-order chi connectivity index (χ1) is 10.3. The second-order valence-electron chi connectivity index (χ2n) is 4.44. The van der Waals surface area contributed by atoms with Gasteiger partial charge in [-0.25, -0.2) is 9.97 Å². The van der Waals surface area contributed by atoms with E-state index in [1.165, 1.54) is 0 Å². The van der Waals surface area contributed by atoms with Crippen LogP contribution in [0.2, 0.25) is 0 Å². The number of rotatable bonds is 4. The van der Waals surface area contributed by atoms with E-state index in [9.17, 15) is 0 Å². The summed E-state index contributed by atoms with van der Waals surface area (Å²) >= 11 is 0. The number of hydrogen-bond donors (Lipinski definition) is 2. The van der Waals surface area contributed by atoms with Crippen LogP contribution in [-0.2, 0) is 0 Å². The van der Waals surface area contributed by atoms with Gasteiger partial charge in [0.15, 0.2) is 17.1 Å². The quantitative estimate of drug-likeness (QED) is 0.770. The van der Waals surface area contributed by atoms with Crippen molar-refractivity contribution in [3.63, 3.8) is 0 Å². The Labute approximate surface area is 122 Å². The maximum Gasteiger partial charge on any atom is 0.180 e. The molecule has 21 heavy (non-hydrogen) atoms. The van der Waals surface area contributed by atoms with Crippen molar-refractivity contribution < 1.29 is 9.47 Å². The van der Waals surface area contributed by atoms with Crippen molar-refractivity contribution in [3.8, 4) is 22.9 Å². The number of pyridine rings is 1.